The molecule has 0 spiro atoms. The van der Waals surface area contributed by atoms with E-state index in [0.29, 0.717) is 6.42 Å². The van der Waals surface area contributed by atoms with Crippen molar-refractivity contribution in [1.82, 2.24) is 15.3 Å². The van der Waals surface area contributed by atoms with Crippen molar-refractivity contribution >= 4 is 11.7 Å². The van der Waals surface area contributed by atoms with Crippen molar-refractivity contribution in [3.8, 4) is 11.3 Å². The number of hydrogen-bond acceptors (Lipinski definition) is 5. The SMILES string of the molecule is CC(C)(O)CC(=O)NC1CCN(c2cc3c(cn2)Cc2cc(F)cnc2-3)CC1. The van der Waals surface area contributed by atoms with Gasteiger partial charge in [-0.3, -0.25) is 9.78 Å². The molecule has 0 unspecified atom stereocenters. The molecule has 0 bridgehead atoms. The van der Waals surface area contributed by atoms with E-state index in [1.807, 2.05) is 12.3 Å². The average Bonchev–Trinajstić information content (AvgIpc) is 2.97. The maximum Gasteiger partial charge on any atom is 0.223 e. The van der Waals surface area contributed by atoms with Gasteiger partial charge in [-0.1, -0.05) is 0 Å². The van der Waals surface area contributed by atoms with Crippen LogP contribution >= 0.6 is 0 Å². The second-order valence-electron chi connectivity index (χ2n) is 8.36. The lowest BCUT2D eigenvalue weighted by atomic mass is 10.0. The van der Waals surface area contributed by atoms with Crippen molar-refractivity contribution in [3.05, 3.63) is 41.5 Å². The number of fused-ring (bicyclic) bond motifs is 3. The molecule has 0 radical (unpaired) electrons. The number of pyridine rings is 2. The molecule has 2 aromatic heterocycles. The highest BCUT2D eigenvalue weighted by molar-refractivity contribution is 5.77. The van der Waals surface area contributed by atoms with Gasteiger partial charge in [0.1, 0.15) is 11.6 Å². The summed E-state index contributed by atoms with van der Waals surface area (Å²) in [6.45, 7) is 4.86. The molecule has 148 valence electrons. The molecule has 1 aliphatic heterocycles. The summed E-state index contributed by atoms with van der Waals surface area (Å²) in [5, 5.41) is 12.8. The maximum atomic E-state index is 13.4. The molecular weight excluding hydrogens is 359 g/mol. The van der Waals surface area contributed by atoms with Crippen LogP contribution in [0.4, 0.5) is 10.2 Å². The minimum absolute atomic E-state index is 0.104. The van der Waals surface area contributed by atoms with E-state index in [1.54, 1.807) is 19.9 Å². The topological polar surface area (TPSA) is 78.4 Å². The van der Waals surface area contributed by atoms with Gasteiger partial charge >= 0.3 is 0 Å². The third-order valence-corrected chi connectivity index (χ3v) is 5.32. The van der Waals surface area contributed by atoms with E-state index < -0.39 is 5.60 Å². The van der Waals surface area contributed by atoms with E-state index in [0.717, 1.165) is 54.1 Å². The second-order valence-corrected chi connectivity index (χ2v) is 8.36. The summed E-state index contributed by atoms with van der Waals surface area (Å²) in [5.41, 5.74) is 2.86. The predicted molar refractivity (Wildman–Crippen MR) is 105 cm³/mol. The smallest absolute Gasteiger partial charge is 0.223 e. The van der Waals surface area contributed by atoms with Gasteiger partial charge in [0.15, 0.2) is 0 Å². The number of halogens is 1. The van der Waals surface area contributed by atoms with E-state index in [2.05, 4.69) is 20.2 Å². The van der Waals surface area contributed by atoms with Gasteiger partial charge in [0.2, 0.25) is 5.91 Å². The monoisotopic (exact) mass is 384 g/mol. The molecule has 2 N–H and O–H groups in total. The van der Waals surface area contributed by atoms with Gasteiger partial charge in [0.05, 0.1) is 23.9 Å². The summed E-state index contributed by atoms with van der Waals surface area (Å²) in [4.78, 5) is 23.1. The number of amides is 1. The summed E-state index contributed by atoms with van der Waals surface area (Å²) in [5.74, 6) is 0.462. The minimum Gasteiger partial charge on any atom is -0.390 e. The summed E-state index contributed by atoms with van der Waals surface area (Å²) in [6, 6.07) is 3.70. The molecule has 2 aromatic rings. The first-order chi connectivity index (χ1) is 13.3. The lowest BCUT2D eigenvalue weighted by molar-refractivity contribution is -0.125. The first-order valence-electron chi connectivity index (χ1n) is 9.69. The summed E-state index contributed by atoms with van der Waals surface area (Å²) >= 11 is 0. The van der Waals surface area contributed by atoms with Crippen molar-refractivity contribution in [1.29, 1.82) is 0 Å². The number of anilines is 1. The lowest BCUT2D eigenvalue weighted by Crippen LogP contribution is -2.46. The van der Waals surface area contributed by atoms with Crippen molar-refractivity contribution in [2.45, 2.75) is 51.2 Å². The predicted octanol–water partition coefficient (Wildman–Crippen LogP) is 2.43. The molecule has 1 aliphatic carbocycles. The molecule has 0 atom stereocenters. The fourth-order valence-corrected chi connectivity index (χ4v) is 4.00. The first-order valence-corrected chi connectivity index (χ1v) is 9.69. The molecule has 3 heterocycles. The van der Waals surface area contributed by atoms with Gasteiger partial charge in [0, 0.05) is 37.3 Å². The van der Waals surface area contributed by atoms with Crippen molar-refractivity contribution in [2.24, 2.45) is 0 Å². The molecule has 7 heteroatoms. The molecule has 0 saturated carbocycles. The number of nitrogens with zero attached hydrogens (tertiary/aromatic N) is 3. The van der Waals surface area contributed by atoms with E-state index in [4.69, 9.17) is 0 Å². The van der Waals surface area contributed by atoms with Crippen LogP contribution in [-0.2, 0) is 11.2 Å². The molecule has 2 aliphatic rings. The lowest BCUT2D eigenvalue weighted by Gasteiger charge is -2.33. The van der Waals surface area contributed by atoms with E-state index in [1.165, 1.54) is 6.20 Å². The Balaban J connectivity index is 1.41. The Morgan fingerprint density at radius 1 is 1.25 bits per heavy atom. The summed E-state index contributed by atoms with van der Waals surface area (Å²) < 4.78 is 13.4. The van der Waals surface area contributed by atoms with E-state index >= 15 is 0 Å². The number of carbonyl (C=O) groups excluding carboxylic acids is 1. The Hall–Kier alpha value is -2.54. The number of rotatable bonds is 4. The normalized spacial score (nSPS) is 16.6. The van der Waals surface area contributed by atoms with Gasteiger partial charge in [-0.2, -0.15) is 0 Å². The first kappa shape index (κ1) is 18.8. The average molecular weight is 384 g/mol. The Kier molecular flexibility index (Phi) is 4.79. The molecular formula is C21H25FN4O2. The third-order valence-electron chi connectivity index (χ3n) is 5.32. The fourth-order valence-electron chi connectivity index (χ4n) is 4.00. The summed E-state index contributed by atoms with van der Waals surface area (Å²) in [7, 11) is 0. The number of nitrogens with one attached hydrogen (secondary N) is 1. The highest BCUT2D eigenvalue weighted by Gasteiger charge is 2.26. The zero-order chi connectivity index (χ0) is 19.9. The Labute approximate surface area is 163 Å². The number of aromatic nitrogens is 2. The van der Waals surface area contributed by atoms with Crippen LogP contribution in [0.2, 0.25) is 0 Å². The largest absolute Gasteiger partial charge is 0.390 e. The fraction of sp³-hybridized carbons (Fsp3) is 0.476. The maximum absolute atomic E-state index is 13.4. The zero-order valence-electron chi connectivity index (χ0n) is 16.2. The molecule has 1 saturated heterocycles. The number of carbonyl (C=O) groups is 1. The molecule has 1 amide bonds. The van der Waals surface area contributed by atoms with Crippen molar-refractivity contribution in [3.63, 3.8) is 0 Å². The van der Waals surface area contributed by atoms with Crippen LogP contribution < -0.4 is 10.2 Å². The van der Waals surface area contributed by atoms with Crippen molar-refractivity contribution < 1.29 is 14.3 Å². The van der Waals surface area contributed by atoms with Crippen molar-refractivity contribution in [2.75, 3.05) is 18.0 Å². The molecule has 28 heavy (non-hydrogen) atoms. The standard InChI is InChI=1S/C21H25FN4O2/c1-21(2,28)10-19(27)25-16-3-5-26(6-4-16)18-9-17-14(11-23-18)7-13-8-15(22)12-24-20(13)17/h8-9,11-12,16,28H,3-7,10H2,1-2H3,(H,25,27). The van der Waals surface area contributed by atoms with Gasteiger partial charge in [-0.25, -0.2) is 9.37 Å². The van der Waals surface area contributed by atoms with Crippen LogP contribution in [0.15, 0.2) is 24.5 Å². The van der Waals surface area contributed by atoms with Crippen LogP contribution in [0.3, 0.4) is 0 Å². The van der Waals surface area contributed by atoms with Crippen LogP contribution in [0.1, 0.15) is 44.2 Å². The number of piperidine rings is 1. The zero-order valence-corrected chi connectivity index (χ0v) is 16.2. The van der Waals surface area contributed by atoms with Gasteiger partial charge in [-0.05, 0) is 49.9 Å². The number of aliphatic hydroxyl groups is 1. The Bertz CT molecular complexity index is 902. The molecule has 0 aromatic carbocycles. The van der Waals surface area contributed by atoms with Gasteiger partial charge in [-0.15, -0.1) is 0 Å². The Morgan fingerprint density at radius 2 is 2.00 bits per heavy atom. The molecule has 6 nitrogen and oxygen atoms in total. The second kappa shape index (κ2) is 7.13. The van der Waals surface area contributed by atoms with Gasteiger partial charge < -0.3 is 15.3 Å². The molecule has 4 rings (SSSR count). The van der Waals surface area contributed by atoms with E-state index in [-0.39, 0.29) is 24.2 Å². The van der Waals surface area contributed by atoms with Gasteiger partial charge in [0.25, 0.3) is 0 Å². The van der Waals surface area contributed by atoms with Crippen LogP contribution in [0.25, 0.3) is 11.3 Å². The van der Waals surface area contributed by atoms with Crippen LogP contribution in [-0.4, -0.2) is 45.7 Å². The van der Waals surface area contributed by atoms with E-state index in [9.17, 15) is 14.3 Å². The van der Waals surface area contributed by atoms with Crippen LogP contribution in [0.5, 0.6) is 0 Å². The third kappa shape index (κ3) is 3.99. The minimum atomic E-state index is -0.994. The van der Waals surface area contributed by atoms with Crippen LogP contribution in [0, 0.1) is 5.82 Å². The Morgan fingerprint density at radius 3 is 2.71 bits per heavy atom. The quantitative estimate of drug-likeness (QED) is 0.722. The highest BCUT2D eigenvalue weighted by atomic mass is 19.1. The summed E-state index contributed by atoms with van der Waals surface area (Å²) in [6.07, 6.45) is 5.55. The highest BCUT2D eigenvalue weighted by Crippen LogP contribution is 2.36. The number of hydrogen-bond donors (Lipinski definition) is 2. The molecule has 1 fully saturated rings.